The molecule has 11 heteroatoms. The van der Waals surface area contributed by atoms with Crippen LogP contribution in [0.3, 0.4) is 0 Å². The number of ether oxygens (including phenoxy) is 2. The van der Waals surface area contributed by atoms with Crippen LogP contribution in [0.5, 0.6) is 0 Å². The number of anilines is 1. The highest BCUT2D eigenvalue weighted by molar-refractivity contribution is 6.17. The first-order valence-corrected chi connectivity index (χ1v) is 8.19. The summed E-state index contributed by atoms with van der Waals surface area (Å²) >= 11 is 0. The predicted molar refractivity (Wildman–Crippen MR) is 101 cm³/mol. The summed E-state index contributed by atoms with van der Waals surface area (Å²) in [6, 6.07) is 11.9. The van der Waals surface area contributed by atoms with E-state index in [1.807, 2.05) is 0 Å². The van der Waals surface area contributed by atoms with Crippen molar-refractivity contribution in [2.45, 2.75) is 0 Å². The molecule has 1 heterocycles. The van der Waals surface area contributed by atoms with Crippen LogP contribution >= 0.6 is 0 Å². The van der Waals surface area contributed by atoms with Crippen LogP contribution in [0.15, 0.2) is 65.0 Å². The number of hydrogen-bond acceptors (Lipinski definition) is 9. The van der Waals surface area contributed by atoms with Crippen molar-refractivity contribution in [2.75, 3.05) is 19.1 Å². The molecule has 3 rings (SSSR count). The minimum Gasteiger partial charge on any atom is -0.490 e. The monoisotopic (exact) mass is 398 g/mol. The molecule has 1 aliphatic rings. The van der Waals surface area contributed by atoms with Gasteiger partial charge in [-0.3, -0.25) is 25.7 Å². The summed E-state index contributed by atoms with van der Waals surface area (Å²) in [4.78, 5) is 32.5. The van der Waals surface area contributed by atoms with E-state index in [9.17, 15) is 25.0 Å². The van der Waals surface area contributed by atoms with Crippen LogP contribution in [-0.4, -0.2) is 35.2 Å². The molecule has 0 atom stereocenters. The third-order valence-electron chi connectivity index (χ3n) is 4.02. The molecular weight excluding hydrogens is 384 g/mol. The number of hydrazone groups is 1. The Kier molecular flexibility index (Phi) is 5.49. The second-order valence-corrected chi connectivity index (χ2v) is 5.74. The fraction of sp³-hybridized carbons (Fsp3) is 0.111. The molecule has 29 heavy (non-hydrogen) atoms. The number of methoxy groups -OCH3 is 1. The SMILES string of the molecule is COC1=C(/C(=N/Nc2ccc([N+](=O)[O-])cc2[N+](=O)[O-])c2ccccc2)COC1=O. The van der Waals surface area contributed by atoms with Crippen molar-refractivity contribution >= 4 is 28.7 Å². The summed E-state index contributed by atoms with van der Waals surface area (Å²) in [5.74, 6) is -0.667. The maximum absolute atomic E-state index is 11.8. The van der Waals surface area contributed by atoms with Crippen molar-refractivity contribution in [2.24, 2.45) is 5.10 Å². The highest BCUT2D eigenvalue weighted by Gasteiger charge is 2.30. The number of hydrogen-bond donors (Lipinski definition) is 1. The van der Waals surface area contributed by atoms with E-state index in [1.165, 1.54) is 13.2 Å². The molecule has 0 spiro atoms. The zero-order valence-corrected chi connectivity index (χ0v) is 15.0. The Hall–Kier alpha value is -4.28. The molecule has 0 unspecified atom stereocenters. The molecule has 0 fully saturated rings. The molecule has 11 nitrogen and oxygen atoms in total. The number of nitrogens with one attached hydrogen (secondary N) is 1. The number of rotatable bonds is 7. The van der Waals surface area contributed by atoms with Crippen molar-refractivity contribution in [3.05, 3.63) is 85.7 Å². The Balaban J connectivity index is 2.07. The molecule has 0 saturated carbocycles. The van der Waals surface area contributed by atoms with Crippen molar-refractivity contribution in [3.63, 3.8) is 0 Å². The summed E-state index contributed by atoms with van der Waals surface area (Å²) in [6.07, 6.45) is 0. The second kappa shape index (κ2) is 8.17. The molecule has 0 bridgehead atoms. The van der Waals surface area contributed by atoms with Crippen LogP contribution in [0.4, 0.5) is 17.1 Å². The molecular formula is C18H14N4O7. The number of nitrogens with zero attached hydrogens (tertiary/aromatic N) is 3. The fourth-order valence-corrected chi connectivity index (χ4v) is 2.67. The van der Waals surface area contributed by atoms with Crippen molar-refractivity contribution in [1.29, 1.82) is 0 Å². The maximum atomic E-state index is 11.8. The summed E-state index contributed by atoms with van der Waals surface area (Å²) in [6.45, 7) is -0.0836. The summed E-state index contributed by atoms with van der Waals surface area (Å²) in [7, 11) is 1.32. The van der Waals surface area contributed by atoms with Gasteiger partial charge in [-0.05, 0) is 6.07 Å². The lowest BCUT2D eigenvalue weighted by Gasteiger charge is -2.09. The predicted octanol–water partition coefficient (Wildman–Crippen LogP) is 2.78. The zero-order chi connectivity index (χ0) is 21.0. The van der Waals surface area contributed by atoms with Gasteiger partial charge in [0.2, 0.25) is 5.76 Å². The first-order chi connectivity index (χ1) is 13.9. The Labute approximate surface area is 163 Å². The normalized spacial score (nSPS) is 13.8. The van der Waals surface area contributed by atoms with Gasteiger partial charge in [0.1, 0.15) is 18.0 Å². The molecule has 0 radical (unpaired) electrons. The van der Waals surface area contributed by atoms with Crippen LogP contribution in [0.25, 0.3) is 0 Å². The van der Waals surface area contributed by atoms with Gasteiger partial charge in [-0.2, -0.15) is 5.10 Å². The van der Waals surface area contributed by atoms with Gasteiger partial charge in [0.25, 0.3) is 5.69 Å². The van der Waals surface area contributed by atoms with Gasteiger partial charge in [0.15, 0.2) is 0 Å². The van der Waals surface area contributed by atoms with E-state index in [1.54, 1.807) is 30.3 Å². The first kappa shape index (κ1) is 19.5. The number of carbonyl (C=O) groups is 1. The van der Waals surface area contributed by atoms with Gasteiger partial charge in [-0.25, -0.2) is 4.79 Å². The van der Waals surface area contributed by atoms with Crippen LogP contribution < -0.4 is 5.43 Å². The van der Waals surface area contributed by atoms with Crippen LogP contribution in [0.1, 0.15) is 5.56 Å². The highest BCUT2D eigenvalue weighted by Crippen LogP contribution is 2.29. The first-order valence-electron chi connectivity index (χ1n) is 8.19. The lowest BCUT2D eigenvalue weighted by atomic mass is 10.0. The van der Waals surface area contributed by atoms with E-state index in [0.717, 1.165) is 12.1 Å². The van der Waals surface area contributed by atoms with E-state index in [4.69, 9.17) is 9.47 Å². The molecule has 0 aliphatic carbocycles. The zero-order valence-electron chi connectivity index (χ0n) is 15.0. The molecule has 0 aromatic heterocycles. The van der Waals surface area contributed by atoms with Gasteiger partial charge in [-0.15, -0.1) is 0 Å². The number of esters is 1. The largest absolute Gasteiger partial charge is 0.490 e. The Bertz CT molecular complexity index is 1050. The summed E-state index contributed by atoms with van der Waals surface area (Å²) in [5.41, 5.74) is 2.81. The Morgan fingerprint density at radius 1 is 1.14 bits per heavy atom. The molecule has 2 aromatic carbocycles. The van der Waals surface area contributed by atoms with E-state index in [2.05, 4.69) is 10.5 Å². The number of nitro groups is 2. The Morgan fingerprint density at radius 2 is 1.86 bits per heavy atom. The van der Waals surface area contributed by atoms with Crippen molar-refractivity contribution in [1.82, 2.24) is 0 Å². The average Bonchev–Trinajstić information content (AvgIpc) is 3.09. The highest BCUT2D eigenvalue weighted by atomic mass is 16.6. The number of benzene rings is 2. The molecule has 1 N–H and O–H groups in total. The number of cyclic esters (lactones) is 1. The lowest BCUT2D eigenvalue weighted by Crippen LogP contribution is -2.12. The third kappa shape index (κ3) is 4.03. The topological polar surface area (TPSA) is 146 Å². The van der Waals surface area contributed by atoms with E-state index < -0.39 is 27.2 Å². The Morgan fingerprint density at radius 3 is 2.48 bits per heavy atom. The fourth-order valence-electron chi connectivity index (χ4n) is 2.67. The van der Waals surface area contributed by atoms with Gasteiger partial charge >= 0.3 is 11.7 Å². The molecule has 1 aliphatic heterocycles. The van der Waals surface area contributed by atoms with Crippen LogP contribution in [0.2, 0.25) is 0 Å². The van der Waals surface area contributed by atoms with Crippen LogP contribution in [0, 0.1) is 20.2 Å². The van der Waals surface area contributed by atoms with Crippen molar-refractivity contribution in [3.8, 4) is 0 Å². The smallest absolute Gasteiger partial charge is 0.374 e. The second-order valence-electron chi connectivity index (χ2n) is 5.74. The minimum atomic E-state index is -0.755. The van der Waals surface area contributed by atoms with Gasteiger partial charge in [0, 0.05) is 11.6 Å². The third-order valence-corrected chi connectivity index (χ3v) is 4.02. The van der Waals surface area contributed by atoms with E-state index >= 15 is 0 Å². The molecule has 148 valence electrons. The number of nitro benzene ring substituents is 2. The summed E-state index contributed by atoms with van der Waals surface area (Å²) < 4.78 is 10.1. The minimum absolute atomic E-state index is 0.0207. The van der Waals surface area contributed by atoms with Gasteiger partial charge < -0.3 is 9.47 Å². The quantitative estimate of drug-likeness (QED) is 0.324. The number of carbonyl (C=O) groups excluding carboxylic acids is 1. The number of non-ortho nitro benzene ring substituents is 1. The molecule has 0 saturated heterocycles. The van der Waals surface area contributed by atoms with Gasteiger partial charge in [-0.1, -0.05) is 30.3 Å². The van der Waals surface area contributed by atoms with Crippen LogP contribution in [-0.2, 0) is 14.3 Å². The molecule has 2 aromatic rings. The van der Waals surface area contributed by atoms with Gasteiger partial charge in [0.05, 0.1) is 28.6 Å². The van der Waals surface area contributed by atoms with Crippen molar-refractivity contribution < 1.29 is 24.1 Å². The summed E-state index contributed by atoms with van der Waals surface area (Å²) in [5, 5.41) is 26.4. The maximum Gasteiger partial charge on any atom is 0.374 e. The van der Waals surface area contributed by atoms with E-state index in [-0.39, 0.29) is 23.8 Å². The lowest BCUT2D eigenvalue weighted by molar-refractivity contribution is -0.393. The standard InChI is InChI=1S/C18H14N4O7/c1-28-17-13(10-29-18(17)23)16(11-5-3-2-4-6-11)20-19-14-8-7-12(21(24)25)9-15(14)22(26)27/h2-9,19H,10H2,1H3/b20-16+. The average molecular weight is 398 g/mol. The van der Waals surface area contributed by atoms with E-state index in [0.29, 0.717) is 11.1 Å². The molecule has 0 amide bonds.